The molecule has 2 rings (SSSR count). The number of nitrogens with zero attached hydrogens (tertiary/aromatic N) is 2. The topological polar surface area (TPSA) is 67.2 Å². The monoisotopic (exact) mass is 209 g/mol. The van der Waals surface area contributed by atoms with Gasteiger partial charge in [0.05, 0.1) is 12.4 Å². The molecule has 2 atom stereocenters. The van der Waals surface area contributed by atoms with Gasteiger partial charge in [-0.3, -0.25) is 10.1 Å². The van der Waals surface area contributed by atoms with Gasteiger partial charge >= 0.3 is 5.97 Å². The van der Waals surface area contributed by atoms with Crippen LogP contribution in [0, 0.1) is 0 Å². The van der Waals surface area contributed by atoms with Gasteiger partial charge in [0, 0.05) is 18.4 Å². The number of imidazole rings is 1. The SMILES string of the molecule is CC(C(NC1CC1)C(=O)O)n1ccnc1. The number of carboxylic acid groups (broad SMARTS) is 1. The Labute approximate surface area is 88.1 Å². The van der Waals surface area contributed by atoms with Gasteiger partial charge in [-0.1, -0.05) is 0 Å². The van der Waals surface area contributed by atoms with E-state index >= 15 is 0 Å². The normalized spacial score (nSPS) is 19.8. The highest BCUT2D eigenvalue weighted by Crippen LogP contribution is 2.22. The van der Waals surface area contributed by atoms with E-state index in [9.17, 15) is 4.79 Å². The summed E-state index contributed by atoms with van der Waals surface area (Å²) in [4.78, 5) is 15.0. The highest BCUT2D eigenvalue weighted by atomic mass is 16.4. The van der Waals surface area contributed by atoms with Gasteiger partial charge in [-0.25, -0.2) is 4.98 Å². The number of aromatic nitrogens is 2. The van der Waals surface area contributed by atoms with E-state index in [0.29, 0.717) is 6.04 Å². The van der Waals surface area contributed by atoms with Crippen molar-refractivity contribution < 1.29 is 9.90 Å². The van der Waals surface area contributed by atoms with Crippen LogP contribution in [0.2, 0.25) is 0 Å². The number of carbonyl (C=O) groups is 1. The van der Waals surface area contributed by atoms with Crippen LogP contribution in [0.15, 0.2) is 18.7 Å². The molecule has 1 saturated carbocycles. The van der Waals surface area contributed by atoms with E-state index in [2.05, 4.69) is 10.3 Å². The quantitative estimate of drug-likeness (QED) is 0.747. The van der Waals surface area contributed by atoms with Gasteiger partial charge < -0.3 is 9.67 Å². The van der Waals surface area contributed by atoms with Crippen LogP contribution in [0.3, 0.4) is 0 Å². The third-order valence-electron chi connectivity index (χ3n) is 2.74. The van der Waals surface area contributed by atoms with E-state index in [4.69, 9.17) is 5.11 Å². The van der Waals surface area contributed by atoms with Crippen molar-refractivity contribution in [3.05, 3.63) is 18.7 Å². The third kappa shape index (κ3) is 2.36. The molecule has 2 N–H and O–H groups in total. The zero-order chi connectivity index (χ0) is 10.8. The minimum Gasteiger partial charge on any atom is -0.480 e. The largest absolute Gasteiger partial charge is 0.480 e. The summed E-state index contributed by atoms with van der Waals surface area (Å²) in [6, 6.07) is -0.269. The minimum atomic E-state index is -0.803. The third-order valence-corrected chi connectivity index (χ3v) is 2.74. The van der Waals surface area contributed by atoms with Crippen molar-refractivity contribution in [2.75, 3.05) is 0 Å². The predicted octanol–water partition coefficient (Wildman–Crippen LogP) is 0.649. The fourth-order valence-corrected chi connectivity index (χ4v) is 1.60. The summed E-state index contributed by atoms with van der Waals surface area (Å²) in [5, 5.41) is 12.3. The van der Waals surface area contributed by atoms with Crippen molar-refractivity contribution in [1.29, 1.82) is 0 Å². The van der Waals surface area contributed by atoms with Crippen molar-refractivity contribution in [3.8, 4) is 0 Å². The Bertz CT molecular complexity index is 332. The van der Waals surface area contributed by atoms with Crippen molar-refractivity contribution in [3.63, 3.8) is 0 Å². The van der Waals surface area contributed by atoms with Crippen molar-refractivity contribution in [2.24, 2.45) is 0 Å². The summed E-state index contributed by atoms with van der Waals surface area (Å²) >= 11 is 0. The van der Waals surface area contributed by atoms with Gasteiger partial charge in [-0.2, -0.15) is 0 Å². The highest BCUT2D eigenvalue weighted by Gasteiger charge is 2.32. The molecule has 1 aromatic rings. The van der Waals surface area contributed by atoms with E-state index < -0.39 is 12.0 Å². The number of rotatable bonds is 5. The molecule has 1 aliphatic carbocycles. The number of hydrogen-bond acceptors (Lipinski definition) is 3. The van der Waals surface area contributed by atoms with Gasteiger partial charge in [-0.05, 0) is 19.8 Å². The van der Waals surface area contributed by atoms with Crippen LogP contribution in [0.4, 0.5) is 0 Å². The number of hydrogen-bond donors (Lipinski definition) is 2. The molecule has 1 fully saturated rings. The molecule has 5 heteroatoms. The van der Waals surface area contributed by atoms with Crippen LogP contribution in [-0.2, 0) is 4.79 Å². The van der Waals surface area contributed by atoms with E-state index in [0.717, 1.165) is 12.8 Å². The maximum atomic E-state index is 11.1. The lowest BCUT2D eigenvalue weighted by Crippen LogP contribution is -2.43. The Balaban J connectivity index is 2.05. The first-order chi connectivity index (χ1) is 7.18. The van der Waals surface area contributed by atoms with Gasteiger partial charge in [-0.15, -0.1) is 0 Å². The molecule has 0 saturated heterocycles. The second-order valence-corrected chi connectivity index (χ2v) is 4.01. The van der Waals surface area contributed by atoms with Crippen LogP contribution < -0.4 is 5.32 Å². The minimum absolute atomic E-state index is 0.120. The Morgan fingerprint density at radius 3 is 2.87 bits per heavy atom. The van der Waals surface area contributed by atoms with Crippen LogP contribution >= 0.6 is 0 Å². The van der Waals surface area contributed by atoms with Gasteiger partial charge in [0.25, 0.3) is 0 Å². The summed E-state index contributed by atoms with van der Waals surface area (Å²) in [5.74, 6) is -0.803. The van der Waals surface area contributed by atoms with Gasteiger partial charge in [0.15, 0.2) is 0 Å². The summed E-state index contributed by atoms with van der Waals surface area (Å²) < 4.78 is 1.81. The molecular weight excluding hydrogens is 194 g/mol. The van der Waals surface area contributed by atoms with Crippen LogP contribution in [0.1, 0.15) is 25.8 Å². The molecule has 0 radical (unpaired) electrons. The van der Waals surface area contributed by atoms with Crippen molar-refractivity contribution in [1.82, 2.24) is 14.9 Å². The first kappa shape index (κ1) is 10.2. The summed E-state index contributed by atoms with van der Waals surface area (Å²) in [7, 11) is 0. The lowest BCUT2D eigenvalue weighted by atomic mass is 10.1. The molecule has 1 heterocycles. The van der Waals surface area contributed by atoms with Crippen molar-refractivity contribution >= 4 is 5.97 Å². The molecule has 82 valence electrons. The lowest BCUT2D eigenvalue weighted by molar-refractivity contribution is -0.140. The molecule has 15 heavy (non-hydrogen) atoms. The molecule has 0 bridgehead atoms. The zero-order valence-electron chi connectivity index (χ0n) is 8.63. The standard InChI is InChI=1S/C10H15N3O2/c1-7(13-5-4-11-6-13)9(10(14)15)12-8-2-3-8/h4-9,12H,2-3H2,1H3,(H,14,15). The fourth-order valence-electron chi connectivity index (χ4n) is 1.60. The molecule has 0 spiro atoms. The fraction of sp³-hybridized carbons (Fsp3) is 0.600. The molecule has 1 aromatic heterocycles. The second-order valence-electron chi connectivity index (χ2n) is 4.01. The van der Waals surface area contributed by atoms with Crippen molar-refractivity contribution in [2.45, 2.75) is 37.9 Å². The molecule has 5 nitrogen and oxygen atoms in total. The molecule has 2 unspecified atom stereocenters. The summed E-state index contributed by atoms with van der Waals surface area (Å²) in [6.07, 6.45) is 7.26. The molecule has 0 aliphatic heterocycles. The number of nitrogens with one attached hydrogen (secondary N) is 1. The Kier molecular flexibility index (Phi) is 2.73. The van der Waals surface area contributed by atoms with E-state index in [1.54, 1.807) is 18.7 Å². The van der Waals surface area contributed by atoms with E-state index in [1.165, 1.54) is 0 Å². The average Bonchev–Trinajstić information content (AvgIpc) is 2.84. The first-order valence-corrected chi connectivity index (χ1v) is 5.15. The van der Waals surface area contributed by atoms with E-state index in [-0.39, 0.29) is 6.04 Å². The summed E-state index contributed by atoms with van der Waals surface area (Å²) in [6.45, 7) is 1.88. The van der Waals surface area contributed by atoms with Gasteiger partial charge in [0.1, 0.15) is 6.04 Å². The molecule has 0 amide bonds. The van der Waals surface area contributed by atoms with Gasteiger partial charge in [0.2, 0.25) is 0 Å². The predicted molar refractivity (Wildman–Crippen MR) is 54.5 cm³/mol. The molecular formula is C10H15N3O2. The maximum Gasteiger partial charge on any atom is 0.322 e. The molecule has 0 aromatic carbocycles. The zero-order valence-corrected chi connectivity index (χ0v) is 8.63. The van der Waals surface area contributed by atoms with E-state index in [1.807, 2.05) is 11.5 Å². The highest BCUT2D eigenvalue weighted by molar-refractivity contribution is 5.74. The smallest absolute Gasteiger partial charge is 0.322 e. The average molecular weight is 209 g/mol. The maximum absolute atomic E-state index is 11.1. The number of carboxylic acids is 1. The number of aliphatic carboxylic acids is 1. The summed E-state index contributed by atoms with van der Waals surface area (Å²) in [5.41, 5.74) is 0. The lowest BCUT2D eigenvalue weighted by Gasteiger charge is -2.22. The second kappa shape index (κ2) is 4.02. The Morgan fingerprint density at radius 2 is 2.40 bits per heavy atom. The Morgan fingerprint density at radius 1 is 1.67 bits per heavy atom. The van der Waals surface area contributed by atoms with Crippen LogP contribution in [0.5, 0.6) is 0 Å². The first-order valence-electron chi connectivity index (χ1n) is 5.15. The van der Waals surface area contributed by atoms with Crippen LogP contribution in [0.25, 0.3) is 0 Å². The molecule has 1 aliphatic rings. The Hall–Kier alpha value is -1.36. The van der Waals surface area contributed by atoms with Crippen LogP contribution in [-0.4, -0.2) is 32.7 Å².